The Kier molecular flexibility index (Phi) is 3.62. The van der Waals surface area contributed by atoms with E-state index in [4.69, 9.17) is 4.74 Å². The largest absolute Gasteiger partial charge is 0.378 e. The zero-order chi connectivity index (χ0) is 12.2. The topological polar surface area (TPSA) is 37.0 Å². The SMILES string of the molecule is c1cc(CNCCC2CCCO2)c2[nH]ccc2c1. The van der Waals surface area contributed by atoms with Crippen LogP contribution < -0.4 is 5.32 Å². The second-order valence-corrected chi connectivity index (χ2v) is 4.96. The minimum Gasteiger partial charge on any atom is -0.378 e. The zero-order valence-electron chi connectivity index (χ0n) is 10.6. The fraction of sp³-hybridized carbons (Fsp3) is 0.467. The molecule has 1 fully saturated rings. The lowest BCUT2D eigenvalue weighted by molar-refractivity contribution is 0.104. The van der Waals surface area contributed by atoms with Crippen LogP contribution in [0.25, 0.3) is 10.9 Å². The molecule has 3 nitrogen and oxygen atoms in total. The van der Waals surface area contributed by atoms with Crippen LogP contribution in [-0.2, 0) is 11.3 Å². The maximum atomic E-state index is 5.62. The van der Waals surface area contributed by atoms with Crippen LogP contribution in [0.4, 0.5) is 0 Å². The van der Waals surface area contributed by atoms with Crippen molar-refractivity contribution < 1.29 is 4.74 Å². The summed E-state index contributed by atoms with van der Waals surface area (Å²) in [6, 6.07) is 8.55. The van der Waals surface area contributed by atoms with E-state index in [2.05, 4.69) is 34.6 Å². The summed E-state index contributed by atoms with van der Waals surface area (Å²) in [7, 11) is 0. The number of aromatic nitrogens is 1. The summed E-state index contributed by atoms with van der Waals surface area (Å²) in [5.41, 5.74) is 2.59. The van der Waals surface area contributed by atoms with Gasteiger partial charge < -0.3 is 15.0 Å². The molecule has 2 N–H and O–H groups in total. The van der Waals surface area contributed by atoms with Gasteiger partial charge in [0.25, 0.3) is 0 Å². The molecule has 2 aromatic rings. The van der Waals surface area contributed by atoms with Gasteiger partial charge in [0.2, 0.25) is 0 Å². The third-order valence-corrected chi connectivity index (χ3v) is 3.66. The Morgan fingerprint density at radius 2 is 2.33 bits per heavy atom. The number of nitrogens with one attached hydrogen (secondary N) is 2. The van der Waals surface area contributed by atoms with Crippen molar-refractivity contribution in [3.63, 3.8) is 0 Å². The molecule has 1 aliphatic rings. The molecule has 1 aromatic carbocycles. The lowest BCUT2D eigenvalue weighted by atomic mass is 10.1. The number of hydrogen-bond acceptors (Lipinski definition) is 2. The lowest BCUT2D eigenvalue weighted by Gasteiger charge is -2.10. The highest BCUT2D eigenvalue weighted by atomic mass is 16.5. The first-order valence-electron chi connectivity index (χ1n) is 6.81. The Labute approximate surface area is 108 Å². The van der Waals surface area contributed by atoms with Gasteiger partial charge in [-0.15, -0.1) is 0 Å². The first kappa shape index (κ1) is 11.8. The van der Waals surface area contributed by atoms with E-state index in [9.17, 15) is 0 Å². The van der Waals surface area contributed by atoms with E-state index < -0.39 is 0 Å². The van der Waals surface area contributed by atoms with Crippen LogP contribution in [0.3, 0.4) is 0 Å². The average Bonchev–Trinajstić information content (AvgIpc) is 3.05. The van der Waals surface area contributed by atoms with Crippen molar-refractivity contribution in [1.29, 1.82) is 0 Å². The number of aromatic amines is 1. The predicted octanol–water partition coefficient (Wildman–Crippen LogP) is 2.83. The Hall–Kier alpha value is -1.32. The summed E-state index contributed by atoms with van der Waals surface area (Å²) in [6.45, 7) is 2.90. The molecule has 0 bridgehead atoms. The molecule has 0 saturated carbocycles. The van der Waals surface area contributed by atoms with Crippen LogP contribution in [0.5, 0.6) is 0 Å². The molecule has 1 unspecified atom stereocenters. The molecule has 0 amide bonds. The van der Waals surface area contributed by atoms with E-state index in [0.717, 1.165) is 26.1 Å². The molecule has 1 aromatic heterocycles. The molecular formula is C15H20N2O. The highest BCUT2D eigenvalue weighted by molar-refractivity contribution is 5.82. The van der Waals surface area contributed by atoms with E-state index >= 15 is 0 Å². The van der Waals surface area contributed by atoms with Crippen molar-refractivity contribution in [2.24, 2.45) is 0 Å². The van der Waals surface area contributed by atoms with E-state index in [-0.39, 0.29) is 0 Å². The van der Waals surface area contributed by atoms with Crippen LogP contribution in [0, 0.1) is 0 Å². The molecule has 18 heavy (non-hydrogen) atoms. The van der Waals surface area contributed by atoms with E-state index in [0.29, 0.717) is 6.10 Å². The maximum Gasteiger partial charge on any atom is 0.0588 e. The third kappa shape index (κ3) is 2.57. The van der Waals surface area contributed by atoms with Crippen LogP contribution in [0.2, 0.25) is 0 Å². The second kappa shape index (κ2) is 5.55. The van der Waals surface area contributed by atoms with E-state index in [1.165, 1.54) is 29.3 Å². The first-order chi connectivity index (χ1) is 8.93. The van der Waals surface area contributed by atoms with Crippen LogP contribution >= 0.6 is 0 Å². The van der Waals surface area contributed by atoms with Crippen molar-refractivity contribution in [3.05, 3.63) is 36.0 Å². The molecule has 1 aliphatic heterocycles. The van der Waals surface area contributed by atoms with Gasteiger partial charge in [-0.2, -0.15) is 0 Å². The summed E-state index contributed by atoms with van der Waals surface area (Å²) >= 11 is 0. The van der Waals surface area contributed by atoms with Crippen LogP contribution in [-0.4, -0.2) is 24.2 Å². The van der Waals surface area contributed by atoms with Crippen LogP contribution in [0.15, 0.2) is 30.5 Å². The molecular weight excluding hydrogens is 224 g/mol. The minimum atomic E-state index is 0.485. The molecule has 1 saturated heterocycles. The van der Waals surface area contributed by atoms with Gasteiger partial charge in [0, 0.05) is 24.9 Å². The van der Waals surface area contributed by atoms with Crippen molar-refractivity contribution in [1.82, 2.24) is 10.3 Å². The minimum absolute atomic E-state index is 0.485. The standard InChI is InChI=1S/C15H20N2O/c1-3-12-6-9-17-15(12)13(4-1)11-16-8-7-14-5-2-10-18-14/h1,3-4,6,9,14,16-17H,2,5,7-8,10-11H2. The van der Waals surface area contributed by atoms with E-state index in [1.807, 2.05) is 6.20 Å². The Balaban J connectivity index is 1.51. The summed E-state index contributed by atoms with van der Waals surface area (Å²) in [5, 5.41) is 4.80. The monoisotopic (exact) mass is 244 g/mol. The molecule has 0 spiro atoms. The number of ether oxygens (including phenoxy) is 1. The fourth-order valence-electron chi connectivity index (χ4n) is 2.66. The summed E-state index contributed by atoms with van der Waals surface area (Å²) in [5.74, 6) is 0. The van der Waals surface area contributed by atoms with Gasteiger partial charge in [0.1, 0.15) is 0 Å². The highest BCUT2D eigenvalue weighted by Crippen LogP contribution is 2.17. The van der Waals surface area contributed by atoms with Gasteiger partial charge in [-0.1, -0.05) is 18.2 Å². The molecule has 2 heterocycles. The number of rotatable bonds is 5. The molecule has 0 aliphatic carbocycles. The first-order valence-corrected chi connectivity index (χ1v) is 6.81. The maximum absolute atomic E-state index is 5.62. The van der Waals surface area contributed by atoms with Crippen molar-refractivity contribution in [3.8, 4) is 0 Å². The smallest absolute Gasteiger partial charge is 0.0588 e. The van der Waals surface area contributed by atoms with Crippen molar-refractivity contribution >= 4 is 10.9 Å². The van der Waals surface area contributed by atoms with E-state index in [1.54, 1.807) is 0 Å². The number of H-pyrrole nitrogens is 1. The van der Waals surface area contributed by atoms with Gasteiger partial charge in [-0.25, -0.2) is 0 Å². The number of benzene rings is 1. The van der Waals surface area contributed by atoms with Gasteiger partial charge in [-0.05, 0) is 42.8 Å². The zero-order valence-corrected chi connectivity index (χ0v) is 10.6. The predicted molar refractivity (Wildman–Crippen MR) is 73.6 cm³/mol. The number of para-hydroxylation sites is 1. The van der Waals surface area contributed by atoms with Gasteiger partial charge in [0.15, 0.2) is 0 Å². The number of fused-ring (bicyclic) bond motifs is 1. The van der Waals surface area contributed by atoms with Crippen LogP contribution in [0.1, 0.15) is 24.8 Å². The highest BCUT2D eigenvalue weighted by Gasteiger charge is 2.14. The Morgan fingerprint density at radius 3 is 3.22 bits per heavy atom. The summed E-state index contributed by atoms with van der Waals surface area (Å²) in [4.78, 5) is 3.31. The molecule has 3 heteroatoms. The van der Waals surface area contributed by atoms with Crippen molar-refractivity contribution in [2.75, 3.05) is 13.2 Å². The summed E-state index contributed by atoms with van der Waals surface area (Å²) < 4.78 is 5.62. The quantitative estimate of drug-likeness (QED) is 0.794. The molecule has 1 atom stereocenters. The molecule has 96 valence electrons. The third-order valence-electron chi connectivity index (χ3n) is 3.66. The van der Waals surface area contributed by atoms with Gasteiger partial charge in [-0.3, -0.25) is 0 Å². The second-order valence-electron chi connectivity index (χ2n) is 4.96. The Morgan fingerprint density at radius 1 is 1.33 bits per heavy atom. The lowest BCUT2D eigenvalue weighted by Crippen LogP contribution is -2.19. The normalized spacial score (nSPS) is 19.7. The van der Waals surface area contributed by atoms with Gasteiger partial charge in [0.05, 0.1) is 6.10 Å². The molecule has 0 radical (unpaired) electrons. The van der Waals surface area contributed by atoms with Gasteiger partial charge >= 0.3 is 0 Å². The number of hydrogen-bond donors (Lipinski definition) is 2. The molecule has 3 rings (SSSR count). The Bertz CT molecular complexity index is 500. The fourth-order valence-corrected chi connectivity index (χ4v) is 2.66. The summed E-state index contributed by atoms with van der Waals surface area (Å²) in [6.07, 6.45) is 6.07. The van der Waals surface area contributed by atoms with Crippen molar-refractivity contribution in [2.45, 2.75) is 31.9 Å². The average molecular weight is 244 g/mol.